The molecule has 2 nitrogen and oxygen atoms in total. The molecular formula is C12H22I2O2. The molecule has 0 aromatic rings. The second kappa shape index (κ2) is 12.4. The molecular weight excluding hydrogens is 430 g/mol. The molecule has 0 amide bonds. The highest BCUT2D eigenvalue weighted by atomic mass is 127. The van der Waals surface area contributed by atoms with Crippen molar-refractivity contribution in [3.63, 3.8) is 0 Å². The van der Waals surface area contributed by atoms with E-state index in [2.05, 4.69) is 52.1 Å². The number of halogens is 2. The summed E-state index contributed by atoms with van der Waals surface area (Å²) in [5.74, 6) is 0.162. The molecule has 0 heterocycles. The molecule has 0 aliphatic heterocycles. The third-order valence-corrected chi connectivity index (χ3v) is 3.68. The average molecular weight is 452 g/mol. The predicted molar refractivity (Wildman–Crippen MR) is 85.6 cm³/mol. The number of hydrogen-bond donors (Lipinski definition) is 0. The van der Waals surface area contributed by atoms with Crippen molar-refractivity contribution in [1.82, 2.24) is 0 Å². The minimum absolute atomic E-state index is 0.0213. The molecule has 0 spiro atoms. The molecule has 0 bridgehead atoms. The number of carbonyl (C=O) groups excluding carboxylic acids is 1. The van der Waals surface area contributed by atoms with Gasteiger partial charge in [-0.15, -0.1) is 0 Å². The van der Waals surface area contributed by atoms with Crippen LogP contribution in [0.15, 0.2) is 0 Å². The highest BCUT2D eigenvalue weighted by Gasteiger charge is 2.18. The Morgan fingerprint density at radius 2 is 1.88 bits per heavy atom. The van der Waals surface area contributed by atoms with Crippen molar-refractivity contribution in [2.24, 2.45) is 5.92 Å². The summed E-state index contributed by atoms with van der Waals surface area (Å²) < 4.78 is 7.32. The van der Waals surface area contributed by atoms with E-state index in [0.29, 0.717) is 6.61 Å². The van der Waals surface area contributed by atoms with Crippen molar-refractivity contribution in [2.45, 2.75) is 45.4 Å². The number of carbonyl (C=O) groups is 1. The van der Waals surface area contributed by atoms with E-state index in [-0.39, 0.29) is 11.9 Å². The fraction of sp³-hybridized carbons (Fsp3) is 0.917. The van der Waals surface area contributed by atoms with Gasteiger partial charge in [-0.1, -0.05) is 71.4 Å². The molecule has 0 rings (SSSR count). The van der Waals surface area contributed by atoms with E-state index >= 15 is 0 Å². The van der Waals surface area contributed by atoms with Gasteiger partial charge in [-0.3, -0.25) is 4.79 Å². The summed E-state index contributed by atoms with van der Waals surface area (Å²) in [5, 5.41) is 0. The van der Waals surface area contributed by atoms with Crippen LogP contribution in [0.25, 0.3) is 0 Å². The largest absolute Gasteiger partial charge is 0.465 e. The molecule has 1 atom stereocenters. The number of ether oxygens (including phenoxy) is 1. The number of rotatable bonds is 10. The van der Waals surface area contributed by atoms with E-state index in [1.54, 1.807) is 0 Å². The van der Waals surface area contributed by atoms with Crippen LogP contribution < -0.4 is 0 Å². The van der Waals surface area contributed by atoms with Crippen molar-refractivity contribution >= 4 is 51.2 Å². The van der Waals surface area contributed by atoms with Crippen LogP contribution in [0, 0.1) is 5.92 Å². The van der Waals surface area contributed by atoms with Crippen LogP contribution >= 0.6 is 45.2 Å². The van der Waals surface area contributed by atoms with Crippen molar-refractivity contribution < 1.29 is 9.53 Å². The molecule has 0 aromatic carbocycles. The van der Waals surface area contributed by atoms with Gasteiger partial charge in [-0.25, -0.2) is 0 Å². The maximum atomic E-state index is 11.7. The monoisotopic (exact) mass is 452 g/mol. The molecule has 0 aromatic heterocycles. The molecule has 1 unspecified atom stereocenters. The molecule has 0 saturated carbocycles. The van der Waals surface area contributed by atoms with Crippen LogP contribution in [-0.2, 0) is 9.53 Å². The van der Waals surface area contributed by atoms with Crippen molar-refractivity contribution in [2.75, 3.05) is 15.5 Å². The van der Waals surface area contributed by atoms with Crippen LogP contribution in [-0.4, -0.2) is 21.4 Å². The summed E-state index contributed by atoms with van der Waals surface area (Å²) >= 11 is 4.63. The van der Waals surface area contributed by atoms with Crippen LogP contribution in [0.3, 0.4) is 0 Å². The Bertz CT molecular complexity index is 174. The van der Waals surface area contributed by atoms with Gasteiger partial charge in [0.25, 0.3) is 0 Å². The minimum atomic E-state index is 0.0213. The Morgan fingerprint density at radius 1 is 1.12 bits per heavy atom. The molecule has 0 N–H and O–H groups in total. The standard InChI is InChI=1S/C12H22I2O2/c1-2-6-11(7-4-3-5-8-13)12(15)16-10-9-14/h11H,2-10H2,1H3. The minimum Gasteiger partial charge on any atom is -0.465 e. The van der Waals surface area contributed by atoms with Crippen molar-refractivity contribution in [3.8, 4) is 0 Å². The van der Waals surface area contributed by atoms with Gasteiger partial charge in [-0.2, -0.15) is 0 Å². The summed E-state index contributed by atoms with van der Waals surface area (Å²) in [5.41, 5.74) is 0. The first-order valence-corrected chi connectivity index (χ1v) is 9.09. The molecule has 16 heavy (non-hydrogen) atoms. The lowest BCUT2D eigenvalue weighted by atomic mass is 9.97. The molecule has 0 fully saturated rings. The Labute approximate surface area is 127 Å². The molecule has 4 heteroatoms. The van der Waals surface area contributed by atoms with E-state index in [4.69, 9.17) is 4.74 Å². The number of unbranched alkanes of at least 4 members (excludes halogenated alkanes) is 2. The van der Waals surface area contributed by atoms with E-state index in [1.165, 1.54) is 17.3 Å². The Kier molecular flexibility index (Phi) is 13.1. The number of esters is 1. The molecule has 0 aliphatic rings. The van der Waals surface area contributed by atoms with Crippen molar-refractivity contribution in [1.29, 1.82) is 0 Å². The normalized spacial score (nSPS) is 12.4. The predicted octanol–water partition coefficient (Wildman–Crippen LogP) is 4.38. The summed E-state index contributed by atoms with van der Waals surface area (Å²) in [6, 6.07) is 0. The Balaban J connectivity index is 3.80. The van der Waals surface area contributed by atoms with Crippen LogP contribution in [0.5, 0.6) is 0 Å². The zero-order valence-corrected chi connectivity index (χ0v) is 14.3. The SMILES string of the molecule is CCCC(CCCCCI)C(=O)OCCI. The zero-order valence-electron chi connectivity index (χ0n) is 10.0. The second-order valence-corrected chi connectivity index (χ2v) is 6.04. The van der Waals surface area contributed by atoms with Gasteiger partial charge in [-0.05, 0) is 23.7 Å². The van der Waals surface area contributed by atoms with E-state index in [0.717, 1.165) is 30.1 Å². The van der Waals surface area contributed by atoms with Gasteiger partial charge < -0.3 is 4.74 Å². The van der Waals surface area contributed by atoms with Crippen LogP contribution in [0.4, 0.5) is 0 Å². The molecule has 96 valence electrons. The number of alkyl halides is 2. The van der Waals surface area contributed by atoms with Crippen molar-refractivity contribution in [3.05, 3.63) is 0 Å². The fourth-order valence-electron chi connectivity index (χ4n) is 1.65. The lowest BCUT2D eigenvalue weighted by Crippen LogP contribution is -2.18. The third kappa shape index (κ3) is 9.01. The van der Waals surface area contributed by atoms with Gasteiger partial charge in [0.1, 0.15) is 6.61 Å². The lowest BCUT2D eigenvalue weighted by molar-refractivity contribution is -0.148. The first-order chi connectivity index (χ1) is 7.76. The molecule has 0 aliphatic carbocycles. The first kappa shape index (κ1) is 16.9. The smallest absolute Gasteiger partial charge is 0.308 e. The van der Waals surface area contributed by atoms with Crippen LogP contribution in [0.1, 0.15) is 45.4 Å². The third-order valence-electron chi connectivity index (χ3n) is 2.48. The average Bonchev–Trinajstić information content (AvgIpc) is 2.30. The van der Waals surface area contributed by atoms with Gasteiger partial charge in [0.05, 0.1) is 5.92 Å². The summed E-state index contributed by atoms with van der Waals surface area (Å²) in [4.78, 5) is 11.7. The summed E-state index contributed by atoms with van der Waals surface area (Å²) in [7, 11) is 0. The first-order valence-electron chi connectivity index (χ1n) is 6.04. The molecule has 0 radical (unpaired) electrons. The zero-order chi connectivity index (χ0) is 12.2. The topological polar surface area (TPSA) is 26.3 Å². The van der Waals surface area contributed by atoms with Gasteiger partial charge in [0.2, 0.25) is 0 Å². The van der Waals surface area contributed by atoms with E-state index in [9.17, 15) is 4.79 Å². The fourth-order valence-corrected chi connectivity index (χ4v) is 2.41. The number of hydrogen-bond acceptors (Lipinski definition) is 2. The van der Waals surface area contributed by atoms with E-state index < -0.39 is 0 Å². The molecule has 0 saturated heterocycles. The van der Waals surface area contributed by atoms with E-state index in [1.807, 2.05) is 0 Å². The van der Waals surface area contributed by atoms with Gasteiger partial charge in [0, 0.05) is 4.43 Å². The highest BCUT2D eigenvalue weighted by Crippen LogP contribution is 2.17. The summed E-state index contributed by atoms with van der Waals surface area (Å²) in [6.07, 6.45) is 6.71. The maximum absolute atomic E-state index is 11.7. The Morgan fingerprint density at radius 3 is 2.44 bits per heavy atom. The Hall–Kier alpha value is 0.930. The quantitative estimate of drug-likeness (QED) is 0.213. The van der Waals surface area contributed by atoms with Gasteiger partial charge in [0.15, 0.2) is 0 Å². The summed E-state index contributed by atoms with van der Waals surface area (Å²) in [6.45, 7) is 2.69. The van der Waals surface area contributed by atoms with Crippen LogP contribution in [0.2, 0.25) is 0 Å². The highest BCUT2D eigenvalue weighted by molar-refractivity contribution is 14.1. The van der Waals surface area contributed by atoms with Gasteiger partial charge >= 0.3 is 5.97 Å². The maximum Gasteiger partial charge on any atom is 0.308 e. The second-order valence-electron chi connectivity index (χ2n) is 3.88. The lowest BCUT2D eigenvalue weighted by Gasteiger charge is -2.14.